The van der Waals surface area contributed by atoms with Crippen LogP contribution in [0, 0.1) is 0 Å². The second-order valence-corrected chi connectivity index (χ2v) is 5.40. The second kappa shape index (κ2) is 4.66. The van der Waals surface area contributed by atoms with Gasteiger partial charge in [-0.1, -0.05) is 0 Å². The predicted molar refractivity (Wildman–Crippen MR) is 69.3 cm³/mol. The van der Waals surface area contributed by atoms with E-state index in [0.29, 0.717) is 12.5 Å². The molecule has 1 unspecified atom stereocenters. The summed E-state index contributed by atoms with van der Waals surface area (Å²) in [5.74, 6) is 3.95. The largest absolute Gasteiger partial charge is 0.395 e. The van der Waals surface area contributed by atoms with Crippen molar-refractivity contribution >= 4 is 22.9 Å². The van der Waals surface area contributed by atoms with Crippen LogP contribution in [0.2, 0.25) is 0 Å². The van der Waals surface area contributed by atoms with Gasteiger partial charge >= 0.3 is 0 Å². The number of thioether (sulfide) groups is 1. The quantitative estimate of drug-likeness (QED) is 0.898. The van der Waals surface area contributed by atoms with Crippen LogP contribution in [0.5, 0.6) is 0 Å². The maximum atomic E-state index is 9.18. The molecule has 0 amide bonds. The highest BCUT2D eigenvalue weighted by Crippen LogP contribution is 2.33. The van der Waals surface area contributed by atoms with Gasteiger partial charge < -0.3 is 9.67 Å². The van der Waals surface area contributed by atoms with E-state index in [1.807, 2.05) is 23.9 Å². The van der Waals surface area contributed by atoms with Crippen LogP contribution in [-0.4, -0.2) is 37.8 Å². The highest BCUT2D eigenvalue weighted by atomic mass is 32.2. The third-order valence-electron chi connectivity index (χ3n) is 3.15. The zero-order chi connectivity index (χ0) is 11.7. The molecule has 1 fully saturated rings. The molecular weight excluding hydrogens is 234 g/mol. The molecule has 0 radical (unpaired) electrons. The van der Waals surface area contributed by atoms with Gasteiger partial charge in [0.1, 0.15) is 11.3 Å². The molecule has 1 atom stereocenters. The fourth-order valence-corrected chi connectivity index (χ4v) is 3.56. The second-order valence-electron chi connectivity index (χ2n) is 4.25. The minimum atomic E-state index is 0.134. The molecule has 3 heterocycles. The number of aliphatic hydroxyl groups excluding tert-OH is 1. The summed E-state index contributed by atoms with van der Waals surface area (Å²) in [6, 6.07) is 3.90. The number of hydrogen-bond acceptors (Lipinski definition) is 4. The molecule has 1 N–H and O–H groups in total. The van der Waals surface area contributed by atoms with Crippen molar-refractivity contribution in [2.75, 3.05) is 18.1 Å². The van der Waals surface area contributed by atoms with Gasteiger partial charge in [-0.25, -0.2) is 9.97 Å². The van der Waals surface area contributed by atoms with Crippen LogP contribution < -0.4 is 0 Å². The Morgan fingerprint density at radius 1 is 1.53 bits per heavy atom. The Morgan fingerprint density at radius 2 is 2.47 bits per heavy atom. The van der Waals surface area contributed by atoms with E-state index >= 15 is 0 Å². The number of pyridine rings is 1. The van der Waals surface area contributed by atoms with Crippen LogP contribution in [-0.2, 0) is 6.54 Å². The van der Waals surface area contributed by atoms with E-state index in [9.17, 15) is 5.11 Å². The first-order chi connectivity index (χ1) is 8.40. The molecule has 0 aromatic carbocycles. The predicted octanol–water partition coefficient (Wildman–Crippen LogP) is 1.64. The summed E-state index contributed by atoms with van der Waals surface area (Å²) in [4.78, 5) is 9.06. The van der Waals surface area contributed by atoms with E-state index in [2.05, 4.69) is 14.5 Å². The number of fused-ring (bicyclic) bond motifs is 1. The van der Waals surface area contributed by atoms with Crippen LogP contribution in [0.25, 0.3) is 11.2 Å². The first-order valence-corrected chi connectivity index (χ1v) is 7.05. The lowest BCUT2D eigenvalue weighted by molar-refractivity contribution is 0.275. The normalized spacial score (nSPS) is 20.2. The molecule has 0 aliphatic carbocycles. The third-order valence-corrected chi connectivity index (χ3v) is 4.31. The Morgan fingerprint density at radius 3 is 3.24 bits per heavy atom. The van der Waals surface area contributed by atoms with Crippen molar-refractivity contribution in [1.29, 1.82) is 0 Å². The number of aliphatic hydroxyl groups is 1. The van der Waals surface area contributed by atoms with Crippen LogP contribution in [0.3, 0.4) is 0 Å². The minimum Gasteiger partial charge on any atom is -0.395 e. The molecule has 90 valence electrons. The van der Waals surface area contributed by atoms with Gasteiger partial charge in [-0.05, 0) is 24.3 Å². The maximum absolute atomic E-state index is 9.18. The van der Waals surface area contributed by atoms with Gasteiger partial charge in [-0.15, -0.1) is 0 Å². The summed E-state index contributed by atoms with van der Waals surface area (Å²) in [6.07, 6.45) is 2.96. The standard InChI is InChI=1S/C12H15N3OS/c16-6-5-15-11(9-3-7-17-8-9)14-10-2-1-4-13-12(10)15/h1-2,4,9,16H,3,5-8H2. The van der Waals surface area contributed by atoms with Gasteiger partial charge in [-0.2, -0.15) is 11.8 Å². The van der Waals surface area contributed by atoms with Gasteiger partial charge in [0.2, 0.25) is 0 Å². The molecule has 5 heteroatoms. The van der Waals surface area contributed by atoms with Crippen LogP contribution in [0.4, 0.5) is 0 Å². The number of hydrogen-bond donors (Lipinski definition) is 1. The van der Waals surface area contributed by atoms with Gasteiger partial charge in [-0.3, -0.25) is 0 Å². The van der Waals surface area contributed by atoms with E-state index in [0.717, 1.165) is 22.7 Å². The summed E-state index contributed by atoms with van der Waals surface area (Å²) in [5.41, 5.74) is 1.83. The summed E-state index contributed by atoms with van der Waals surface area (Å²) in [5, 5.41) is 9.18. The Labute approximate surface area is 104 Å². The van der Waals surface area contributed by atoms with Gasteiger partial charge in [0.05, 0.1) is 6.61 Å². The summed E-state index contributed by atoms with van der Waals surface area (Å²) >= 11 is 1.98. The zero-order valence-corrected chi connectivity index (χ0v) is 10.4. The average Bonchev–Trinajstić information content (AvgIpc) is 2.97. The topological polar surface area (TPSA) is 50.9 Å². The highest BCUT2D eigenvalue weighted by molar-refractivity contribution is 7.99. The number of rotatable bonds is 3. The van der Waals surface area contributed by atoms with Crippen molar-refractivity contribution in [2.24, 2.45) is 0 Å². The molecule has 2 aromatic rings. The fraction of sp³-hybridized carbons (Fsp3) is 0.500. The maximum Gasteiger partial charge on any atom is 0.160 e. The molecule has 1 aliphatic heterocycles. The smallest absolute Gasteiger partial charge is 0.160 e. The first kappa shape index (κ1) is 11.0. The molecule has 17 heavy (non-hydrogen) atoms. The Kier molecular flexibility index (Phi) is 3.03. The summed E-state index contributed by atoms with van der Waals surface area (Å²) in [6.45, 7) is 0.721. The van der Waals surface area contributed by atoms with Crippen molar-refractivity contribution in [3.63, 3.8) is 0 Å². The number of imidazole rings is 1. The Balaban J connectivity index is 2.11. The van der Waals surface area contributed by atoms with E-state index in [1.165, 1.54) is 12.2 Å². The highest BCUT2D eigenvalue weighted by Gasteiger charge is 2.24. The zero-order valence-electron chi connectivity index (χ0n) is 9.54. The van der Waals surface area contributed by atoms with Crippen molar-refractivity contribution in [3.8, 4) is 0 Å². The number of nitrogens with zero attached hydrogens (tertiary/aromatic N) is 3. The molecule has 0 bridgehead atoms. The van der Waals surface area contributed by atoms with Crippen LogP contribution in [0.1, 0.15) is 18.2 Å². The molecule has 3 rings (SSSR count). The van der Waals surface area contributed by atoms with E-state index < -0.39 is 0 Å². The van der Waals surface area contributed by atoms with Gasteiger partial charge in [0.25, 0.3) is 0 Å². The first-order valence-electron chi connectivity index (χ1n) is 5.90. The Hall–Kier alpha value is -1.07. The van der Waals surface area contributed by atoms with Crippen molar-refractivity contribution < 1.29 is 5.11 Å². The van der Waals surface area contributed by atoms with Crippen molar-refractivity contribution in [3.05, 3.63) is 24.2 Å². The summed E-state index contributed by atoms with van der Waals surface area (Å²) in [7, 11) is 0. The molecule has 0 saturated carbocycles. The molecule has 4 nitrogen and oxygen atoms in total. The average molecular weight is 249 g/mol. The molecule has 1 aliphatic rings. The lowest BCUT2D eigenvalue weighted by Gasteiger charge is -2.11. The third kappa shape index (κ3) is 1.93. The molecule has 0 spiro atoms. The van der Waals surface area contributed by atoms with E-state index in [1.54, 1.807) is 6.20 Å². The minimum absolute atomic E-state index is 0.134. The molecule has 2 aromatic heterocycles. The fourth-order valence-electron chi connectivity index (χ4n) is 2.35. The summed E-state index contributed by atoms with van der Waals surface area (Å²) < 4.78 is 2.08. The lowest BCUT2D eigenvalue weighted by Crippen LogP contribution is -2.11. The van der Waals surface area contributed by atoms with E-state index in [-0.39, 0.29) is 6.61 Å². The van der Waals surface area contributed by atoms with Crippen molar-refractivity contribution in [1.82, 2.24) is 14.5 Å². The van der Waals surface area contributed by atoms with Crippen molar-refractivity contribution in [2.45, 2.75) is 18.9 Å². The molecule has 1 saturated heterocycles. The SMILES string of the molecule is OCCn1c(C2CCSC2)nc2cccnc21. The van der Waals surface area contributed by atoms with Crippen LogP contribution in [0.15, 0.2) is 18.3 Å². The lowest BCUT2D eigenvalue weighted by atomic mass is 10.1. The van der Waals surface area contributed by atoms with Gasteiger partial charge in [0, 0.05) is 24.4 Å². The number of aromatic nitrogens is 3. The van der Waals surface area contributed by atoms with Crippen LogP contribution >= 0.6 is 11.8 Å². The van der Waals surface area contributed by atoms with Gasteiger partial charge in [0.15, 0.2) is 5.65 Å². The molecular formula is C12H15N3OS. The van der Waals surface area contributed by atoms with E-state index in [4.69, 9.17) is 0 Å². The Bertz CT molecular complexity index is 519. The monoisotopic (exact) mass is 249 g/mol.